The molecule has 21 heavy (non-hydrogen) atoms. The third kappa shape index (κ3) is 4.85. The first-order valence-electron chi connectivity index (χ1n) is 8.09. The minimum Gasteiger partial charge on any atom is -0.352 e. The van der Waals surface area contributed by atoms with Crippen LogP contribution in [0.5, 0.6) is 0 Å². The zero-order chi connectivity index (χ0) is 15.2. The number of nitrogens with zero attached hydrogens (tertiary/aromatic N) is 1. The van der Waals surface area contributed by atoms with Crippen LogP contribution in [0.4, 0.5) is 0 Å². The number of amides is 1. The van der Waals surface area contributed by atoms with Crippen molar-refractivity contribution in [1.82, 2.24) is 10.2 Å². The molecule has 0 spiro atoms. The lowest BCUT2D eigenvalue weighted by Gasteiger charge is -2.32. The highest BCUT2D eigenvalue weighted by atomic mass is 16.1. The van der Waals surface area contributed by atoms with Crippen LogP contribution in [0.1, 0.15) is 48.8 Å². The molecule has 1 fully saturated rings. The van der Waals surface area contributed by atoms with E-state index in [-0.39, 0.29) is 5.91 Å². The number of benzene rings is 1. The van der Waals surface area contributed by atoms with Gasteiger partial charge in [-0.1, -0.05) is 30.2 Å². The molecule has 1 aromatic carbocycles. The van der Waals surface area contributed by atoms with Gasteiger partial charge in [-0.2, -0.15) is 0 Å². The van der Waals surface area contributed by atoms with Crippen molar-refractivity contribution in [1.29, 1.82) is 0 Å². The first kappa shape index (κ1) is 16.0. The second-order valence-electron chi connectivity index (χ2n) is 6.38. The lowest BCUT2D eigenvalue weighted by atomic mass is 9.98. The third-order valence-electron chi connectivity index (χ3n) is 4.61. The topological polar surface area (TPSA) is 32.3 Å². The molecule has 3 nitrogen and oxygen atoms in total. The van der Waals surface area contributed by atoms with Crippen molar-refractivity contribution in [3.63, 3.8) is 0 Å². The van der Waals surface area contributed by atoms with Gasteiger partial charge in [-0.05, 0) is 57.8 Å². The fourth-order valence-corrected chi connectivity index (χ4v) is 3.08. The van der Waals surface area contributed by atoms with Crippen LogP contribution < -0.4 is 5.32 Å². The van der Waals surface area contributed by atoms with E-state index < -0.39 is 0 Å². The highest BCUT2D eigenvalue weighted by Crippen LogP contribution is 2.19. The Kier molecular flexibility index (Phi) is 5.80. The van der Waals surface area contributed by atoms with Crippen LogP contribution in [-0.2, 0) is 11.3 Å². The smallest absolute Gasteiger partial charge is 0.220 e. The van der Waals surface area contributed by atoms with Crippen molar-refractivity contribution < 1.29 is 4.79 Å². The summed E-state index contributed by atoms with van der Waals surface area (Å²) in [7, 11) is 2.18. The summed E-state index contributed by atoms with van der Waals surface area (Å²) in [5, 5.41) is 3.06. The average Bonchev–Trinajstić information content (AvgIpc) is 2.47. The van der Waals surface area contributed by atoms with Crippen LogP contribution in [0.15, 0.2) is 18.2 Å². The number of rotatable bonds is 5. The third-order valence-corrected chi connectivity index (χ3v) is 4.61. The van der Waals surface area contributed by atoms with Gasteiger partial charge in [0.25, 0.3) is 0 Å². The molecule has 1 atom stereocenters. The van der Waals surface area contributed by atoms with Crippen molar-refractivity contribution in [3.05, 3.63) is 34.9 Å². The number of carbonyl (C=O) groups is 1. The maximum Gasteiger partial charge on any atom is 0.220 e. The van der Waals surface area contributed by atoms with E-state index >= 15 is 0 Å². The van der Waals surface area contributed by atoms with E-state index in [1.807, 2.05) is 0 Å². The number of carbonyl (C=O) groups excluding carboxylic acids is 1. The van der Waals surface area contributed by atoms with Crippen molar-refractivity contribution >= 4 is 5.91 Å². The van der Waals surface area contributed by atoms with Crippen LogP contribution >= 0.6 is 0 Å². The molecule has 0 unspecified atom stereocenters. The minimum absolute atomic E-state index is 0.176. The van der Waals surface area contributed by atoms with E-state index in [0.29, 0.717) is 19.0 Å². The quantitative estimate of drug-likeness (QED) is 0.902. The van der Waals surface area contributed by atoms with E-state index in [0.717, 1.165) is 6.42 Å². The van der Waals surface area contributed by atoms with Crippen LogP contribution in [0.25, 0.3) is 0 Å². The molecular formula is C18H28N2O. The summed E-state index contributed by atoms with van der Waals surface area (Å²) in [6.07, 6.45) is 5.46. The van der Waals surface area contributed by atoms with Crippen LogP contribution in [0.3, 0.4) is 0 Å². The fraction of sp³-hybridized carbons (Fsp3) is 0.611. The Hall–Kier alpha value is -1.35. The van der Waals surface area contributed by atoms with Gasteiger partial charge in [0.1, 0.15) is 0 Å². The van der Waals surface area contributed by atoms with Crippen LogP contribution in [-0.4, -0.2) is 30.4 Å². The van der Waals surface area contributed by atoms with Crippen LogP contribution in [0, 0.1) is 13.8 Å². The maximum atomic E-state index is 12.0. The second kappa shape index (κ2) is 7.60. The summed E-state index contributed by atoms with van der Waals surface area (Å²) in [5.74, 6) is 0.176. The van der Waals surface area contributed by atoms with E-state index in [9.17, 15) is 4.79 Å². The summed E-state index contributed by atoms with van der Waals surface area (Å²) in [5.41, 5.74) is 3.71. The second-order valence-corrected chi connectivity index (χ2v) is 6.38. The Balaban J connectivity index is 1.75. The highest BCUT2D eigenvalue weighted by molar-refractivity contribution is 5.75. The first-order chi connectivity index (χ1) is 10.1. The number of nitrogens with one attached hydrogen (secondary N) is 1. The summed E-state index contributed by atoms with van der Waals surface area (Å²) in [6, 6.07) is 6.97. The number of piperidine rings is 1. The molecule has 3 heteroatoms. The summed E-state index contributed by atoms with van der Waals surface area (Å²) >= 11 is 0. The standard InChI is InChI=1S/C18H28N2O/c1-14-7-8-15(2)16(12-14)13-19-18(21)10-9-17-6-4-5-11-20(17)3/h7-8,12,17H,4-6,9-11,13H2,1-3H3,(H,19,21)/t17-/m0/s1. The minimum atomic E-state index is 0.176. The lowest BCUT2D eigenvalue weighted by Crippen LogP contribution is -2.37. The molecule has 1 saturated heterocycles. The Labute approximate surface area is 128 Å². The van der Waals surface area contributed by atoms with Gasteiger partial charge in [-0.25, -0.2) is 0 Å². The SMILES string of the molecule is Cc1ccc(C)c(CNC(=O)CC[C@@H]2CCCCN2C)c1. The van der Waals surface area contributed by atoms with E-state index in [2.05, 4.69) is 49.3 Å². The molecule has 1 heterocycles. The number of hydrogen-bond donors (Lipinski definition) is 1. The largest absolute Gasteiger partial charge is 0.352 e. The highest BCUT2D eigenvalue weighted by Gasteiger charge is 2.19. The molecule has 0 radical (unpaired) electrons. The fourth-order valence-electron chi connectivity index (χ4n) is 3.08. The predicted octanol–water partition coefficient (Wildman–Crippen LogP) is 3.18. The van der Waals surface area contributed by atoms with Gasteiger partial charge in [-0.15, -0.1) is 0 Å². The molecule has 1 aromatic rings. The Morgan fingerprint density at radius 3 is 2.90 bits per heavy atom. The summed E-state index contributed by atoms with van der Waals surface area (Å²) < 4.78 is 0. The first-order valence-corrected chi connectivity index (χ1v) is 8.09. The molecule has 1 aliphatic rings. The summed E-state index contributed by atoms with van der Waals surface area (Å²) in [6.45, 7) is 6.00. The molecule has 0 saturated carbocycles. The van der Waals surface area contributed by atoms with Crippen molar-refractivity contribution in [2.75, 3.05) is 13.6 Å². The molecule has 0 aromatic heterocycles. The van der Waals surface area contributed by atoms with E-state index in [1.54, 1.807) is 0 Å². The zero-order valence-corrected chi connectivity index (χ0v) is 13.6. The van der Waals surface area contributed by atoms with Gasteiger partial charge < -0.3 is 10.2 Å². The Bertz CT molecular complexity index is 484. The van der Waals surface area contributed by atoms with Gasteiger partial charge in [-0.3, -0.25) is 4.79 Å². The van der Waals surface area contributed by atoms with Crippen LogP contribution in [0.2, 0.25) is 0 Å². The normalized spacial score (nSPS) is 19.5. The number of aryl methyl sites for hydroxylation is 2. The van der Waals surface area contributed by atoms with Crippen molar-refractivity contribution in [2.24, 2.45) is 0 Å². The van der Waals surface area contributed by atoms with Gasteiger partial charge >= 0.3 is 0 Å². The molecule has 1 N–H and O–H groups in total. The van der Waals surface area contributed by atoms with Gasteiger partial charge in [0.15, 0.2) is 0 Å². The molecular weight excluding hydrogens is 260 g/mol. The van der Waals surface area contributed by atoms with E-state index in [4.69, 9.17) is 0 Å². The molecule has 116 valence electrons. The maximum absolute atomic E-state index is 12.0. The number of hydrogen-bond acceptors (Lipinski definition) is 2. The molecule has 2 rings (SSSR count). The summed E-state index contributed by atoms with van der Waals surface area (Å²) in [4.78, 5) is 14.4. The average molecular weight is 288 g/mol. The Morgan fingerprint density at radius 1 is 1.33 bits per heavy atom. The van der Waals surface area contributed by atoms with Crippen molar-refractivity contribution in [2.45, 2.75) is 58.5 Å². The van der Waals surface area contributed by atoms with Gasteiger partial charge in [0.05, 0.1) is 0 Å². The predicted molar refractivity (Wildman–Crippen MR) is 87.3 cm³/mol. The van der Waals surface area contributed by atoms with Gasteiger partial charge in [0, 0.05) is 19.0 Å². The molecule has 1 amide bonds. The van der Waals surface area contributed by atoms with Gasteiger partial charge in [0.2, 0.25) is 5.91 Å². The van der Waals surface area contributed by atoms with Crippen molar-refractivity contribution in [3.8, 4) is 0 Å². The van der Waals surface area contributed by atoms with E-state index in [1.165, 1.54) is 42.5 Å². The molecule has 0 bridgehead atoms. The zero-order valence-electron chi connectivity index (χ0n) is 13.6. The number of likely N-dealkylation sites (tertiary alicyclic amines) is 1. The Morgan fingerprint density at radius 2 is 2.14 bits per heavy atom. The monoisotopic (exact) mass is 288 g/mol. The molecule has 0 aliphatic carbocycles. The lowest BCUT2D eigenvalue weighted by molar-refractivity contribution is -0.121. The molecule has 1 aliphatic heterocycles.